The minimum absolute atomic E-state index is 0.200. The number of benzene rings is 1. The molecule has 6 heteroatoms. The molecule has 1 aliphatic heterocycles. The summed E-state index contributed by atoms with van der Waals surface area (Å²) in [6.45, 7) is 1.69. The van der Waals surface area contributed by atoms with Gasteiger partial charge in [0, 0.05) is 19.3 Å². The van der Waals surface area contributed by atoms with Gasteiger partial charge in [-0.1, -0.05) is 12.1 Å². The molecule has 0 radical (unpaired) electrons. The van der Waals surface area contributed by atoms with E-state index >= 15 is 0 Å². The van der Waals surface area contributed by atoms with Crippen molar-refractivity contribution in [2.75, 3.05) is 18.0 Å². The zero-order valence-electron chi connectivity index (χ0n) is 13.4. The Hall–Kier alpha value is -2.47. The number of primary amides is 1. The summed E-state index contributed by atoms with van der Waals surface area (Å²) < 4.78 is 13.2. The standard InChI is InChI=1S/C18H21FN4O/c19-15-4-1-3-13(11-15)8-9-21-16-5-2-10-23(16)17-7-6-14(12-22-17)18(20)24/h1,3-4,6-7,11-12,16,21H,2,5,8-10H2,(H2,20,24). The van der Waals surface area contributed by atoms with Crippen LogP contribution >= 0.6 is 0 Å². The summed E-state index contributed by atoms with van der Waals surface area (Å²) in [5.41, 5.74) is 6.64. The van der Waals surface area contributed by atoms with Crippen LogP contribution in [0.1, 0.15) is 28.8 Å². The Morgan fingerprint density at radius 3 is 2.96 bits per heavy atom. The fraction of sp³-hybridized carbons (Fsp3) is 0.333. The van der Waals surface area contributed by atoms with Crippen molar-refractivity contribution in [1.29, 1.82) is 0 Å². The van der Waals surface area contributed by atoms with Crippen molar-refractivity contribution in [3.63, 3.8) is 0 Å². The molecule has 1 aromatic carbocycles. The molecule has 126 valence electrons. The number of hydrogen-bond acceptors (Lipinski definition) is 4. The van der Waals surface area contributed by atoms with Crippen molar-refractivity contribution in [3.05, 3.63) is 59.5 Å². The van der Waals surface area contributed by atoms with Crippen LogP contribution in [0.25, 0.3) is 0 Å². The van der Waals surface area contributed by atoms with E-state index in [1.807, 2.05) is 12.1 Å². The first-order valence-corrected chi connectivity index (χ1v) is 8.14. The summed E-state index contributed by atoms with van der Waals surface area (Å²) in [5.74, 6) is 0.162. The van der Waals surface area contributed by atoms with Gasteiger partial charge in [-0.25, -0.2) is 9.37 Å². The van der Waals surface area contributed by atoms with Crippen molar-refractivity contribution in [1.82, 2.24) is 10.3 Å². The topological polar surface area (TPSA) is 71.2 Å². The maximum absolute atomic E-state index is 13.2. The number of nitrogens with zero attached hydrogens (tertiary/aromatic N) is 2. The molecule has 2 aromatic rings. The number of hydrogen-bond donors (Lipinski definition) is 2. The van der Waals surface area contributed by atoms with Gasteiger partial charge in [-0.15, -0.1) is 0 Å². The lowest BCUT2D eigenvalue weighted by atomic mass is 10.1. The van der Waals surface area contributed by atoms with Crippen LogP contribution in [0.3, 0.4) is 0 Å². The van der Waals surface area contributed by atoms with Crippen LogP contribution in [0, 0.1) is 5.82 Å². The Morgan fingerprint density at radius 2 is 2.25 bits per heavy atom. The number of nitrogens with two attached hydrogens (primary N) is 1. The summed E-state index contributed by atoms with van der Waals surface area (Å²) in [6, 6.07) is 10.2. The third-order valence-corrected chi connectivity index (χ3v) is 4.26. The minimum atomic E-state index is -0.472. The van der Waals surface area contributed by atoms with E-state index in [0.717, 1.165) is 43.7 Å². The quantitative estimate of drug-likeness (QED) is 0.852. The first-order chi connectivity index (χ1) is 11.6. The highest BCUT2D eigenvalue weighted by Gasteiger charge is 2.25. The summed E-state index contributed by atoms with van der Waals surface area (Å²) in [7, 11) is 0. The second kappa shape index (κ2) is 7.40. The lowest BCUT2D eigenvalue weighted by molar-refractivity contribution is 0.1000. The number of pyridine rings is 1. The van der Waals surface area contributed by atoms with Crippen molar-refractivity contribution < 1.29 is 9.18 Å². The van der Waals surface area contributed by atoms with Gasteiger partial charge in [-0.3, -0.25) is 10.1 Å². The Balaban J connectivity index is 1.58. The monoisotopic (exact) mass is 328 g/mol. The number of nitrogens with one attached hydrogen (secondary N) is 1. The van der Waals surface area contributed by atoms with Crippen LogP contribution in [-0.2, 0) is 6.42 Å². The first-order valence-electron chi connectivity index (χ1n) is 8.14. The van der Waals surface area contributed by atoms with Crippen LogP contribution < -0.4 is 16.0 Å². The van der Waals surface area contributed by atoms with Crippen molar-refractivity contribution >= 4 is 11.7 Å². The third-order valence-electron chi connectivity index (χ3n) is 4.26. The van der Waals surface area contributed by atoms with Crippen LogP contribution in [0.15, 0.2) is 42.6 Å². The number of rotatable bonds is 6. The highest BCUT2D eigenvalue weighted by Crippen LogP contribution is 2.22. The highest BCUT2D eigenvalue weighted by atomic mass is 19.1. The fourth-order valence-corrected chi connectivity index (χ4v) is 3.03. The molecule has 1 unspecified atom stereocenters. The van der Waals surface area contributed by atoms with E-state index in [0.29, 0.717) is 5.56 Å². The molecule has 3 N–H and O–H groups in total. The van der Waals surface area contributed by atoms with Gasteiger partial charge in [0.1, 0.15) is 11.6 Å². The molecule has 1 saturated heterocycles. The second-order valence-corrected chi connectivity index (χ2v) is 5.95. The fourth-order valence-electron chi connectivity index (χ4n) is 3.03. The average Bonchev–Trinajstić information content (AvgIpc) is 3.03. The van der Waals surface area contributed by atoms with Gasteiger partial charge >= 0.3 is 0 Å². The Morgan fingerprint density at radius 1 is 1.38 bits per heavy atom. The van der Waals surface area contributed by atoms with Crippen LogP contribution in [0.4, 0.5) is 10.2 Å². The maximum Gasteiger partial charge on any atom is 0.250 e. The van der Waals surface area contributed by atoms with E-state index < -0.39 is 5.91 Å². The molecule has 24 heavy (non-hydrogen) atoms. The summed E-state index contributed by atoms with van der Waals surface area (Å²) in [4.78, 5) is 17.7. The third kappa shape index (κ3) is 3.89. The molecule has 3 rings (SSSR count). The summed E-state index contributed by atoms with van der Waals surface area (Å²) in [5, 5.41) is 3.51. The van der Waals surface area contributed by atoms with Gasteiger partial charge in [-0.2, -0.15) is 0 Å². The lowest BCUT2D eigenvalue weighted by Gasteiger charge is -2.26. The number of anilines is 1. The molecule has 1 atom stereocenters. The molecule has 0 saturated carbocycles. The molecular formula is C18H21FN4O. The van der Waals surface area contributed by atoms with Gasteiger partial charge in [0.2, 0.25) is 5.91 Å². The Bertz CT molecular complexity index is 704. The van der Waals surface area contributed by atoms with Crippen molar-refractivity contribution in [2.24, 2.45) is 5.73 Å². The lowest BCUT2D eigenvalue weighted by Crippen LogP contribution is -2.42. The van der Waals surface area contributed by atoms with Gasteiger partial charge < -0.3 is 10.6 Å². The normalized spacial score (nSPS) is 17.2. The zero-order chi connectivity index (χ0) is 16.9. The number of carbonyl (C=O) groups is 1. The van der Waals surface area contributed by atoms with Gasteiger partial charge in [0.15, 0.2) is 0 Å². The molecular weight excluding hydrogens is 307 g/mol. The van der Waals surface area contributed by atoms with Gasteiger partial charge in [0.05, 0.1) is 11.7 Å². The second-order valence-electron chi connectivity index (χ2n) is 5.95. The van der Waals surface area contributed by atoms with E-state index in [1.165, 1.54) is 12.3 Å². The zero-order valence-corrected chi connectivity index (χ0v) is 13.4. The highest BCUT2D eigenvalue weighted by molar-refractivity contribution is 5.92. The smallest absolute Gasteiger partial charge is 0.250 e. The van der Waals surface area contributed by atoms with E-state index in [1.54, 1.807) is 18.2 Å². The first kappa shape index (κ1) is 16.4. The van der Waals surface area contributed by atoms with Gasteiger partial charge in [-0.05, 0) is 49.1 Å². The molecule has 1 aromatic heterocycles. The van der Waals surface area contributed by atoms with Crippen molar-refractivity contribution in [3.8, 4) is 0 Å². The number of halogens is 1. The average molecular weight is 328 g/mol. The van der Waals surface area contributed by atoms with Gasteiger partial charge in [0.25, 0.3) is 0 Å². The molecule has 0 aliphatic carbocycles. The molecule has 2 heterocycles. The van der Waals surface area contributed by atoms with E-state index in [-0.39, 0.29) is 12.0 Å². The molecule has 1 fully saturated rings. The van der Waals surface area contributed by atoms with Crippen LogP contribution in [0.2, 0.25) is 0 Å². The van der Waals surface area contributed by atoms with Crippen LogP contribution in [0.5, 0.6) is 0 Å². The largest absolute Gasteiger partial charge is 0.366 e. The minimum Gasteiger partial charge on any atom is -0.366 e. The molecule has 5 nitrogen and oxygen atoms in total. The molecule has 0 spiro atoms. The SMILES string of the molecule is NC(=O)c1ccc(N2CCCC2NCCc2cccc(F)c2)nc1. The number of carbonyl (C=O) groups excluding carboxylic acids is 1. The molecule has 0 bridgehead atoms. The van der Waals surface area contributed by atoms with Crippen molar-refractivity contribution in [2.45, 2.75) is 25.4 Å². The number of aromatic nitrogens is 1. The van der Waals surface area contributed by atoms with E-state index in [4.69, 9.17) is 5.73 Å². The number of amides is 1. The van der Waals surface area contributed by atoms with E-state index in [9.17, 15) is 9.18 Å². The predicted molar refractivity (Wildman–Crippen MR) is 91.2 cm³/mol. The Labute approximate surface area is 140 Å². The predicted octanol–water partition coefficient (Wildman–Crippen LogP) is 2.08. The maximum atomic E-state index is 13.2. The molecule has 1 aliphatic rings. The van der Waals surface area contributed by atoms with E-state index in [2.05, 4.69) is 15.2 Å². The summed E-state index contributed by atoms with van der Waals surface area (Å²) >= 11 is 0. The summed E-state index contributed by atoms with van der Waals surface area (Å²) in [6.07, 6.45) is 4.60. The molecule has 1 amide bonds. The van der Waals surface area contributed by atoms with Crippen LogP contribution in [-0.4, -0.2) is 30.1 Å². The Kier molecular flexibility index (Phi) is 5.05.